The highest BCUT2D eigenvalue weighted by Gasteiger charge is 2.31. The van der Waals surface area contributed by atoms with Crippen LogP contribution in [0, 0.1) is 6.92 Å². The molecule has 0 aliphatic carbocycles. The lowest BCUT2D eigenvalue weighted by molar-refractivity contribution is -0.274. The lowest BCUT2D eigenvalue weighted by Crippen LogP contribution is -2.26. The van der Waals surface area contributed by atoms with Gasteiger partial charge in [-0.15, -0.1) is 13.2 Å². The van der Waals surface area contributed by atoms with Gasteiger partial charge in [0.15, 0.2) is 6.10 Å². The molecular weight excluding hydrogens is 475 g/mol. The van der Waals surface area contributed by atoms with Gasteiger partial charge in [-0.2, -0.15) is 0 Å². The molecule has 0 bridgehead atoms. The topological polar surface area (TPSA) is 77.9 Å². The fourth-order valence-corrected chi connectivity index (χ4v) is 3.22. The smallest absolute Gasteiger partial charge is 0.489 e. The minimum Gasteiger partial charge on any atom is -0.489 e. The van der Waals surface area contributed by atoms with E-state index in [2.05, 4.69) is 9.72 Å². The number of halogens is 4. The Bertz CT molecular complexity index is 1150. The molecule has 0 aliphatic rings. The molecular formula is C24H21ClF3NO5. The summed E-state index contributed by atoms with van der Waals surface area (Å²) in [7, 11) is 0. The summed E-state index contributed by atoms with van der Waals surface area (Å²) in [4.78, 5) is 15.5. The summed E-state index contributed by atoms with van der Waals surface area (Å²) in [6.07, 6.45) is -3.82. The number of carboxylic acid groups (broad SMARTS) is 1. The molecule has 180 valence electrons. The highest BCUT2D eigenvalue weighted by Crippen LogP contribution is 2.29. The lowest BCUT2D eigenvalue weighted by atomic mass is 10.1. The van der Waals surface area contributed by atoms with Crippen LogP contribution in [0.5, 0.6) is 17.2 Å². The fourth-order valence-electron chi connectivity index (χ4n) is 3.02. The second kappa shape index (κ2) is 10.6. The molecule has 3 rings (SSSR count). The molecule has 34 heavy (non-hydrogen) atoms. The van der Waals surface area contributed by atoms with Gasteiger partial charge in [-0.05, 0) is 67.4 Å². The highest BCUT2D eigenvalue weighted by molar-refractivity contribution is 6.31. The lowest BCUT2D eigenvalue weighted by Gasteiger charge is -2.16. The molecule has 2 aromatic carbocycles. The molecule has 3 aromatic rings. The third-order valence-electron chi connectivity index (χ3n) is 4.77. The first-order valence-electron chi connectivity index (χ1n) is 10.2. The Labute approximate surface area is 198 Å². The molecule has 0 saturated heterocycles. The second-order valence-corrected chi connectivity index (χ2v) is 7.71. The van der Waals surface area contributed by atoms with Crippen molar-refractivity contribution in [2.24, 2.45) is 0 Å². The summed E-state index contributed by atoms with van der Waals surface area (Å²) >= 11 is 6.35. The number of aryl methyl sites for hydroxylation is 1. The summed E-state index contributed by atoms with van der Waals surface area (Å²) in [5.74, 6) is -0.364. The van der Waals surface area contributed by atoms with Gasteiger partial charge in [0.2, 0.25) is 0 Å². The minimum absolute atomic E-state index is 0.122. The molecule has 0 spiro atoms. The van der Waals surface area contributed by atoms with E-state index < -0.39 is 18.4 Å². The SMILES string of the molecule is CCC(Oc1ccc(OCc2cnc(-c3ccc(OC(F)(F)F)cc3)cc2Cl)cc1C)C(=O)O. The first-order chi connectivity index (χ1) is 16.1. The van der Waals surface area contributed by atoms with E-state index in [0.29, 0.717) is 39.8 Å². The van der Waals surface area contributed by atoms with Crippen molar-refractivity contribution in [2.75, 3.05) is 0 Å². The maximum absolute atomic E-state index is 12.3. The van der Waals surface area contributed by atoms with Gasteiger partial charge in [-0.25, -0.2) is 4.79 Å². The predicted octanol–water partition coefficient (Wildman–Crippen LogP) is 6.43. The number of hydrogen-bond acceptors (Lipinski definition) is 5. The summed E-state index contributed by atoms with van der Waals surface area (Å²) in [6, 6.07) is 11.9. The van der Waals surface area contributed by atoms with Gasteiger partial charge in [-0.3, -0.25) is 4.98 Å². The van der Waals surface area contributed by atoms with Gasteiger partial charge >= 0.3 is 12.3 Å². The van der Waals surface area contributed by atoms with Crippen LogP contribution in [0.15, 0.2) is 54.7 Å². The largest absolute Gasteiger partial charge is 0.573 e. The van der Waals surface area contributed by atoms with Crippen molar-refractivity contribution >= 4 is 17.6 Å². The Morgan fingerprint density at radius 2 is 1.79 bits per heavy atom. The number of benzene rings is 2. The Kier molecular flexibility index (Phi) is 7.88. The van der Waals surface area contributed by atoms with Crippen molar-refractivity contribution in [3.8, 4) is 28.5 Å². The third-order valence-corrected chi connectivity index (χ3v) is 5.12. The number of carbonyl (C=O) groups is 1. The fraction of sp³-hybridized carbons (Fsp3) is 0.250. The Hall–Kier alpha value is -3.46. The summed E-state index contributed by atoms with van der Waals surface area (Å²) in [5.41, 5.74) is 2.38. The van der Waals surface area contributed by atoms with Crippen LogP contribution in [0.25, 0.3) is 11.3 Å². The van der Waals surface area contributed by atoms with Crippen LogP contribution in [0.2, 0.25) is 5.02 Å². The van der Waals surface area contributed by atoms with E-state index >= 15 is 0 Å². The highest BCUT2D eigenvalue weighted by atomic mass is 35.5. The molecule has 1 unspecified atom stereocenters. The minimum atomic E-state index is -4.76. The van der Waals surface area contributed by atoms with E-state index in [1.54, 1.807) is 38.1 Å². The molecule has 0 amide bonds. The van der Waals surface area contributed by atoms with E-state index in [1.807, 2.05) is 0 Å². The van der Waals surface area contributed by atoms with Crippen LogP contribution in [0.1, 0.15) is 24.5 Å². The molecule has 0 saturated carbocycles. The molecule has 0 fully saturated rings. The Morgan fingerprint density at radius 3 is 2.35 bits per heavy atom. The second-order valence-electron chi connectivity index (χ2n) is 7.30. The quantitative estimate of drug-likeness (QED) is 0.368. The van der Waals surface area contributed by atoms with Gasteiger partial charge in [0.25, 0.3) is 0 Å². The number of hydrogen-bond donors (Lipinski definition) is 1. The molecule has 0 radical (unpaired) electrons. The molecule has 1 atom stereocenters. The molecule has 1 N–H and O–H groups in total. The first kappa shape index (κ1) is 25.2. The first-order valence-corrected chi connectivity index (χ1v) is 10.6. The average Bonchev–Trinajstić information content (AvgIpc) is 2.77. The van der Waals surface area contributed by atoms with Crippen molar-refractivity contribution in [2.45, 2.75) is 39.3 Å². The van der Waals surface area contributed by atoms with Gasteiger partial charge in [0.05, 0.1) is 10.7 Å². The number of alkyl halides is 3. The van der Waals surface area contributed by atoms with E-state index in [4.69, 9.17) is 26.2 Å². The van der Waals surface area contributed by atoms with Crippen molar-refractivity contribution in [1.29, 1.82) is 0 Å². The number of aliphatic carboxylic acids is 1. The summed E-state index contributed by atoms with van der Waals surface area (Å²) in [6.45, 7) is 3.63. The zero-order chi connectivity index (χ0) is 24.9. The van der Waals surface area contributed by atoms with E-state index in [1.165, 1.54) is 30.5 Å². The number of aromatic nitrogens is 1. The standard InChI is InChI=1S/C24H21ClF3NO5/c1-3-21(23(30)31)33-22-9-8-18(10-14(22)2)32-13-16-12-29-20(11-19(16)25)15-4-6-17(7-5-15)34-24(26,27)28/h4-12,21H,3,13H2,1-2H3,(H,30,31). The van der Waals surface area contributed by atoms with Gasteiger partial charge in [0, 0.05) is 17.3 Å². The molecule has 0 aliphatic heterocycles. The van der Waals surface area contributed by atoms with Gasteiger partial charge in [0.1, 0.15) is 23.9 Å². The van der Waals surface area contributed by atoms with Crippen molar-refractivity contribution in [3.05, 3.63) is 70.9 Å². The number of ether oxygens (including phenoxy) is 3. The van der Waals surface area contributed by atoms with E-state index in [9.17, 15) is 18.0 Å². The summed E-state index contributed by atoms with van der Waals surface area (Å²) < 4.78 is 52.1. The van der Waals surface area contributed by atoms with Crippen LogP contribution in [-0.4, -0.2) is 28.5 Å². The van der Waals surface area contributed by atoms with E-state index in [0.717, 1.165) is 5.56 Å². The van der Waals surface area contributed by atoms with Crippen LogP contribution < -0.4 is 14.2 Å². The predicted molar refractivity (Wildman–Crippen MR) is 119 cm³/mol. The van der Waals surface area contributed by atoms with E-state index in [-0.39, 0.29) is 12.4 Å². The maximum Gasteiger partial charge on any atom is 0.573 e. The molecule has 10 heteroatoms. The summed E-state index contributed by atoms with van der Waals surface area (Å²) in [5, 5.41) is 9.53. The average molecular weight is 496 g/mol. The van der Waals surface area contributed by atoms with Gasteiger partial charge < -0.3 is 19.3 Å². The van der Waals surface area contributed by atoms with Crippen molar-refractivity contribution < 1.29 is 37.3 Å². The molecule has 6 nitrogen and oxygen atoms in total. The van der Waals surface area contributed by atoms with Crippen molar-refractivity contribution in [1.82, 2.24) is 4.98 Å². The van der Waals surface area contributed by atoms with Crippen LogP contribution in [0.3, 0.4) is 0 Å². The van der Waals surface area contributed by atoms with Crippen molar-refractivity contribution in [3.63, 3.8) is 0 Å². The van der Waals surface area contributed by atoms with Crippen LogP contribution >= 0.6 is 11.6 Å². The Balaban J connectivity index is 1.65. The Morgan fingerprint density at radius 1 is 1.12 bits per heavy atom. The van der Waals surface area contributed by atoms with Crippen LogP contribution in [-0.2, 0) is 11.4 Å². The number of rotatable bonds is 9. The third kappa shape index (κ3) is 6.77. The number of pyridine rings is 1. The monoisotopic (exact) mass is 495 g/mol. The number of carboxylic acids is 1. The van der Waals surface area contributed by atoms with Crippen LogP contribution in [0.4, 0.5) is 13.2 Å². The normalized spacial score (nSPS) is 12.2. The number of nitrogens with zero attached hydrogens (tertiary/aromatic N) is 1. The maximum atomic E-state index is 12.3. The molecule has 1 aromatic heterocycles. The zero-order valence-electron chi connectivity index (χ0n) is 18.2. The molecule has 1 heterocycles. The zero-order valence-corrected chi connectivity index (χ0v) is 19.0. The van der Waals surface area contributed by atoms with Gasteiger partial charge in [-0.1, -0.05) is 18.5 Å².